The van der Waals surface area contributed by atoms with Crippen LogP contribution in [0.15, 0.2) is 36.2 Å². The van der Waals surface area contributed by atoms with E-state index in [0.717, 1.165) is 24.3 Å². The molecule has 4 heteroatoms. The van der Waals surface area contributed by atoms with Gasteiger partial charge in [0, 0.05) is 18.0 Å². The van der Waals surface area contributed by atoms with E-state index >= 15 is 0 Å². The summed E-state index contributed by atoms with van der Waals surface area (Å²) in [5, 5.41) is 0. The van der Waals surface area contributed by atoms with Gasteiger partial charge in [0.25, 0.3) is 0 Å². The minimum atomic E-state index is -4.36. The van der Waals surface area contributed by atoms with Gasteiger partial charge < -0.3 is 0 Å². The van der Waals surface area contributed by atoms with Gasteiger partial charge in [-0.2, -0.15) is 13.2 Å². The molecule has 0 aliphatic rings. The molecule has 98 valence electrons. The molecular formula is C14H16F3N. The smallest absolute Gasteiger partial charge is 0.264 e. The monoisotopic (exact) mass is 255 g/mol. The summed E-state index contributed by atoms with van der Waals surface area (Å²) in [6.07, 6.45) is 2.31. The van der Waals surface area contributed by atoms with E-state index in [4.69, 9.17) is 0 Å². The molecule has 0 atom stereocenters. The maximum absolute atomic E-state index is 12.9. The number of alkyl halides is 3. The van der Waals surface area contributed by atoms with Crippen molar-refractivity contribution >= 4 is 5.57 Å². The summed E-state index contributed by atoms with van der Waals surface area (Å²) in [5.74, 6) is 0. The van der Waals surface area contributed by atoms with Gasteiger partial charge in [0.15, 0.2) is 0 Å². The van der Waals surface area contributed by atoms with Crippen molar-refractivity contribution in [1.29, 1.82) is 0 Å². The van der Waals surface area contributed by atoms with Crippen LogP contribution in [-0.4, -0.2) is 4.98 Å². The molecule has 0 bridgehead atoms. The number of aromatic nitrogens is 1. The lowest BCUT2D eigenvalue weighted by Crippen LogP contribution is -2.09. The highest BCUT2D eigenvalue weighted by atomic mass is 19.4. The first-order chi connectivity index (χ1) is 8.40. The van der Waals surface area contributed by atoms with Crippen LogP contribution >= 0.6 is 0 Å². The molecular weight excluding hydrogens is 239 g/mol. The Bertz CT molecular complexity index is 470. The van der Waals surface area contributed by atoms with Crippen LogP contribution in [0.1, 0.15) is 38.3 Å². The van der Waals surface area contributed by atoms with Crippen molar-refractivity contribution in [2.75, 3.05) is 0 Å². The van der Waals surface area contributed by atoms with Crippen LogP contribution < -0.4 is 0 Å². The molecule has 0 aromatic carbocycles. The van der Waals surface area contributed by atoms with E-state index in [1.807, 2.05) is 13.8 Å². The predicted octanol–water partition coefficient (Wildman–Crippen LogP) is 4.86. The van der Waals surface area contributed by atoms with Crippen LogP contribution in [0, 0.1) is 0 Å². The summed E-state index contributed by atoms with van der Waals surface area (Å²) >= 11 is 0. The molecule has 1 nitrogen and oxygen atoms in total. The van der Waals surface area contributed by atoms with E-state index in [9.17, 15) is 13.2 Å². The summed E-state index contributed by atoms with van der Waals surface area (Å²) in [4.78, 5) is 3.79. The van der Waals surface area contributed by atoms with Crippen molar-refractivity contribution in [2.45, 2.75) is 33.4 Å². The number of halogens is 3. The second-order valence-corrected chi connectivity index (χ2v) is 4.01. The maximum Gasteiger partial charge on any atom is 0.417 e. The lowest BCUT2D eigenvalue weighted by Gasteiger charge is -2.13. The number of hydrogen-bond donors (Lipinski definition) is 0. The summed E-state index contributed by atoms with van der Waals surface area (Å²) in [5.41, 5.74) is 1.06. The zero-order chi connectivity index (χ0) is 13.8. The maximum atomic E-state index is 12.9. The van der Waals surface area contributed by atoms with Crippen molar-refractivity contribution in [3.05, 3.63) is 47.3 Å². The second-order valence-electron chi connectivity index (χ2n) is 4.01. The van der Waals surface area contributed by atoms with Crippen molar-refractivity contribution in [3.63, 3.8) is 0 Å². The van der Waals surface area contributed by atoms with Gasteiger partial charge in [0.05, 0.1) is 5.56 Å². The fourth-order valence-electron chi connectivity index (χ4n) is 1.56. The Morgan fingerprint density at radius 1 is 1.39 bits per heavy atom. The third-order valence-corrected chi connectivity index (χ3v) is 2.71. The molecule has 18 heavy (non-hydrogen) atoms. The van der Waals surface area contributed by atoms with Crippen LogP contribution in [0.3, 0.4) is 0 Å². The van der Waals surface area contributed by atoms with Crippen LogP contribution in [0.2, 0.25) is 0 Å². The van der Waals surface area contributed by atoms with Crippen LogP contribution in [0.4, 0.5) is 13.2 Å². The van der Waals surface area contributed by atoms with Gasteiger partial charge >= 0.3 is 6.18 Å². The largest absolute Gasteiger partial charge is 0.417 e. The number of nitrogens with zero attached hydrogens (tertiary/aromatic N) is 1. The average molecular weight is 255 g/mol. The highest BCUT2D eigenvalue weighted by Gasteiger charge is 2.33. The van der Waals surface area contributed by atoms with Gasteiger partial charge in [-0.1, -0.05) is 24.6 Å². The molecule has 0 fully saturated rings. The summed E-state index contributed by atoms with van der Waals surface area (Å²) in [7, 11) is 0. The Balaban J connectivity index is 3.32. The Morgan fingerprint density at radius 3 is 2.56 bits per heavy atom. The normalized spacial score (nSPS) is 13.9. The van der Waals surface area contributed by atoms with Gasteiger partial charge in [0.2, 0.25) is 0 Å². The molecule has 1 rings (SSSR count). The average Bonchev–Trinajstić information content (AvgIpc) is 2.34. The minimum absolute atomic E-state index is 0.125. The first-order valence-corrected chi connectivity index (χ1v) is 5.75. The molecule has 0 spiro atoms. The molecule has 0 saturated carbocycles. The van der Waals surface area contributed by atoms with E-state index in [1.54, 1.807) is 19.1 Å². The molecule has 0 unspecified atom stereocenters. The molecule has 0 aliphatic heterocycles. The molecule has 0 aliphatic carbocycles. The number of pyridine rings is 1. The fourth-order valence-corrected chi connectivity index (χ4v) is 1.56. The molecule has 0 saturated heterocycles. The van der Waals surface area contributed by atoms with Gasteiger partial charge in [0.1, 0.15) is 0 Å². The molecule has 1 heterocycles. The topological polar surface area (TPSA) is 12.9 Å². The third kappa shape index (κ3) is 3.45. The van der Waals surface area contributed by atoms with Gasteiger partial charge in [-0.25, -0.2) is 0 Å². The first kappa shape index (κ1) is 14.5. The van der Waals surface area contributed by atoms with Crippen molar-refractivity contribution < 1.29 is 13.2 Å². The van der Waals surface area contributed by atoms with E-state index in [2.05, 4.69) is 4.98 Å². The SMILES string of the molecule is CC=C(C=C(C)CC)c1cnccc1C(F)(F)F. The minimum Gasteiger partial charge on any atom is -0.264 e. The van der Waals surface area contributed by atoms with Crippen molar-refractivity contribution in [1.82, 2.24) is 4.98 Å². The van der Waals surface area contributed by atoms with Gasteiger partial charge in [-0.05, 0) is 31.9 Å². The zero-order valence-electron chi connectivity index (χ0n) is 10.7. The highest BCUT2D eigenvalue weighted by Crippen LogP contribution is 2.35. The molecule has 1 aromatic heterocycles. The lowest BCUT2D eigenvalue weighted by molar-refractivity contribution is -0.137. The van der Waals surface area contributed by atoms with Gasteiger partial charge in [-0.3, -0.25) is 4.98 Å². The van der Waals surface area contributed by atoms with Crippen LogP contribution in [0.25, 0.3) is 5.57 Å². The predicted molar refractivity (Wildman–Crippen MR) is 66.9 cm³/mol. The molecule has 0 amide bonds. The van der Waals surface area contributed by atoms with Crippen LogP contribution in [-0.2, 0) is 6.18 Å². The van der Waals surface area contributed by atoms with Gasteiger partial charge in [-0.15, -0.1) is 0 Å². The summed E-state index contributed by atoms with van der Waals surface area (Å²) < 4.78 is 38.7. The Hall–Kier alpha value is -1.58. The fraction of sp³-hybridized carbons (Fsp3) is 0.357. The summed E-state index contributed by atoms with van der Waals surface area (Å²) in [6, 6.07) is 1.01. The van der Waals surface area contributed by atoms with Crippen molar-refractivity contribution in [3.8, 4) is 0 Å². The first-order valence-electron chi connectivity index (χ1n) is 5.75. The number of allylic oxidation sites excluding steroid dienone is 4. The lowest BCUT2D eigenvalue weighted by atomic mass is 9.99. The van der Waals surface area contributed by atoms with E-state index in [-0.39, 0.29) is 5.56 Å². The number of rotatable bonds is 3. The zero-order valence-corrected chi connectivity index (χ0v) is 10.7. The third-order valence-electron chi connectivity index (χ3n) is 2.71. The Labute approximate surface area is 105 Å². The Morgan fingerprint density at radius 2 is 2.06 bits per heavy atom. The Kier molecular flexibility index (Phi) is 4.70. The van der Waals surface area contributed by atoms with E-state index < -0.39 is 11.7 Å². The highest BCUT2D eigenvalue weighted by molar-refractivity contribution is 5.76. The van der Waals surface area contributed by atoms with E-state index in [0.29, 0.717) is 5.57 Å². The second kappa shape index (κ2) is 5.85. The van der Waals surface area contributed by atoms with E-state index in [1.165, 1.54) is 6.20 Å². The molecule has 0 N–H and O–H groups in total. The van der Waals surface area contributed by atoms with Crippen LogP contribution in [0.5, 0.6) is 0 Å². The molecule has 1 aromatic rings. The molecule has 0 radical (unpaired) electrons. The number of hydrogen-bond acceptors (Lipinski definition) is 1. The quantitative estimate of drug-likeness (QED) is 0.703. The summed E-state index contributed by atoms with van der Waals surface area (Å²) in [6.45, 7) is 5.59. The van der Waals surface area contributed by atoms with Crippen molar-refractivity contribution in [2.24, 2.45) is 0 Å². The standard InChI is InChI=1S/C14H16F3N/c1-4-10(3)8-11(5-2)12-9-18-7-6-13(12)14(15,16)17/h5-9H,4H2,1-3H3.